The third-order valence-electron chi connectivity index (χ3n) is 2.05. The zero-order valence-corrected chi connectivity index (χ0v) is 10.5. The summed E-state index contributed by atoms with van der Waals surface area (Å²) in [6.45, 7) is 0. The van der Waals surface area contributed by atoms with Crippen LogP contribution in [0.5, 0.6) is 0 Å². The number of rotatable bonds is 4. The van der Waals surface area contributed by atoms with Gasteiger partial charge in [-0.1, -0.05) is 0 Å². The van der Waals surface area contributed by atoms with Crippen molar-refractivity contribution in [3.63, 3.8) is 0 Å². The normalized spacial score (nSPS) is 10.7. The van der Waals surface area contributed by atoms with Gasteiger partial charge in [-0.15, -0.1) is 34.3 Å². The van der Waals surface area contributed by atoms with E-state index in [0.29, 0.717) is 11.0 Å². The molecule has 0 fully saturated rings. The maximum absolute atomic E-state index is 5.74. The van der Waals surface area contributed by atoms with Gasteiger partial charge in [0, 0.05) is 15.1 Å². The van der Waals surface area contributed by atoms with E-state index < -0.39 is 0 Å². The Bertz CT molecular complexity index is 436. The molecule has 0 unspecified atom stereocenters. The van der Waals surface area contributed by atoms with E-state index in [1.165, 1.54) is 21.1 Å². The first-order valence-corrected chi connectivity index (χ1v) is 6.84. The van der Waals surface area contributed by atoms with Gasteiger partial charge in [0.25, 0.3) is 0 Å². The summed E-state index contributed by atoms with van der Waals surface area (Å²) in [7, 11) is 0. The largest absolute Gasteiger partial charge is 0.375 e. The minimum absolute atomic E-state index is 0.605. The molecule has 0 bridgehead atoms. The molecule has 0 amide bonds. The van der Waals surface area contributed by atoms with E-state index in [1.54, 1.807) is 11.3 Å². The Morgan fingerprint density at radius 1 is 1.27 bits per heavy atom. The van der Waals surface area contributed by atoms with Gasteiger partial charge in [0.15, 0.2) is 5.13 Å². The third kappa shape index (κ3) is 2.93. The van der Waals surface area contributed by atoms with E-state index in [4.69, 9.17) is 17.3 Å². The molecular weight excluding hydrogens is 248 g/mol. The van der Waals surface area contributed by atoms with Gasteiger partial charge in [-0.05, 0) is 25.0 Å². The monoisotopic (exact) mass is 258 g/mol. The third-order valence-corrected chi connectivity index (χ3v) is 4.36. The first-order valence-electron chi connectivity index (χ1n) is 4.61. The van der Waals surface area contributed by atoms with E-state index >= 15 is 0 Å². The number of alkyl halides is 1. The van der Waals surface area contributed by atoms with Crippen molar-refractivity contribution in [3.05, 3.63) is 33.0 Å². The molecule has 2 heterocycles. The fraction of sp³-hybridized carbons (Fsp3) is 0.300. The highest BCUT2D eigenvalue weighted by molar-refractivity contribution is 7.13. The van der Waals surface area contributed by atoms with Crippen molar-refractivity contribution in [2.45, 2.75) is 18.7 Å². The Kier molecular flexibility index (Phi) is 3.61. The molecule has 2 aromatic rings. The van der Waals surface area contributed by atoms with E-state index in [-0.39, 0.29) is 0 Å². The molecular formula is C10H11ClN2S2. The minimum Gasteiger partial charge on any atom is -0.375 e. The van der Waals surface area contributed by atoms with Gasteiger partial charge >= 0.3 is 0 Å². The molecule has 2 N–H and O–H groups in total. The molecule has 2 rings (SSSR count). The second-order valence-electron chi connectivity index (χ2n) is 3.18. The lowest BCUT2D eigenvalue weighted by Gasteiger charge is -1.93. The first-order chi connectivity index (χ1) is 7.28. The van der Waals surface area contributed by atoms with E-state index in [2.05, 4.69) is 17.1 Å². The maximum Gasteiger partial charge on any atom is 0.180 e. The zero-order valence-electron chi connectivity index (χ0n) is 8.07. The lowest BCUT2D eigenvalue weighted by Crippen LogP contribution is -1.90. The fourth-order valence-electron chi connectivity index (χ4n) is 1.32. The maximum atomic E-state index is 5.74. The molecule has 2 nitrogen and oxygen atoms in total. The van der Waals surface area contributed by atoms with Gasteiger partial charge in [0.1, 0.15) is 0 Å². The number of hydrogen-bond donors (Lipinski definition) is 1. The Hall–Kier alpha value is -0.580. The highest BCUT2D eigenvalue weighted by Crippen LogP contribution is 2.20. The van der Waals surface area contributed by atoms with Crippen LogP contribution in [0.3, 0.4) is 0 Å². The number of nitrogen functional groups attached to an aromatic ring is 1. The molecule has 2 aromatic heterocycles. The quantitative estimate of drug-likeness (QED) is 0.855. The average Bonchev–Trinajstić information content (AvgIpc) is 2.83. The zero-order chi connectivity index (χ0) is 10.7. The number of anilines is 1. The number of thiophene rings is 1. The predicted octanol–water partition coefficient (Wildman–Crippen LogP) is 3.31. The van der Waals surface area contributed by atoms with Crippen LogP contribution in [0.2, 0.25) is 0 Å². The topological polar surface area (TPSA) is 38.9 Å². The number of halogens is 1. The standard InChI is InChI=1S/C10H11ClN2S2/c11-5-9-4-3-8(15-9)2-1-7-6-14-10(12)13-7/h3-4,6H,1-2,5H2,(H2,12,13). The Morgan fingerprint density at radius 3 is 2.67 bits per heavy atom. The van der Waals surface area contributed by atoms with E-state index in [9.17, 15) is 0 Å². The van der Waals surface area contributed by atoms with E-state index in [0.717, 1.165) is 18.5 Å². The van der Waals surface area contributed by atoms with Crippen LogP contribution in [0.15, 0.2) is 17.5 Å². The average molecular weight is 259 g/mol. The van der Waals surface area contributed by atoms with Crippen LogP contribution in [0.1, 0.15) is 15.4 Å². The van der Waals surface area contributed by atoms with E-state index in [1.807, 2.05) is 5.38 Å². The summed E-state index contributed by atoms with van der Waals surface area (Å²) in [5.74, 6) is 0.605. The van der Waals surface area contributed by atoms with Crippen LogP contribution >= 0.6 is 34.3 Å². The Balaban J connectivity index is 1.93. The van der Waals surface area contributed by atoms with Crippen molar-refractivity contribution in [1.82, 2.24) is 4.98 Å². The molecule has 0 atom stereocenters. The van der Waals surface area contributed by atoms with Crippen LogP contribution < -0.4 is 5.73 Å². The number of hydrogen-bond acceptors (Lipinski definition) is 4. The fourth-order valence-corrected chi connectivity index (χ4v) is 3.03. The summed E-state index contributed by atoms with van der Waals surface area (Å²) in [4.78, 5) is 6.81. The smallest absolute Gasteiger partial charge is 0.180 e. The first kappa shape index (κ1) is 10.9. The number of nitrogens with zero attached hydrogens (tertiary/aromatic N) is 1. The second-order valence-corrected chi connectivity index (χ2v) is 5.59. The van der Waals surface area contributed by atoms with Crippen LogP contribution in [-0.4, -0.2) is 4.98 Å². The van der Waals surface area contributed by atoms with Crippen LogP contribution in [0.4, 0.5) is 5.13 Å². The second kappa shape index (κ2) is 4.96. The molecule has 0 saturated heterocycles. The lowest BCUT2D eigenvalue weighted by molar-refractivity contribution is 0.944. The molecule has 0 aliphatic carbocycles. The number of thiazole rings is 1. The molecule has 0 radical (unpaired) electrons. The van der Waals surface area contributed by atoms with Gasteiger partial charge in [-0.2, -0.15) is 0 Å². The van der Waals surface area contributed by atoms with Crippen molar-refractivity contribution in [3.8, 4) is 0 Å². The predicted molar refractivity (Wildman–Crippen MR) is 67.8 cm³/mol. The summed E-state index contributed by atoms with van der Waals surface area (Å²) in [5, 5.41) is 2.67. The summed E-state index contributed by atoms with van der Waals surface area (Å²) in [5.41, 5.74) is 6.65. The van der Waals surface area contributed by atoms with Crippen LogP contribution in [-0.2, 0) is 18.7 Å². The summed E-state index contributed by atoms with van der Waals surface area (Å²) >= 11 is 9.01. The van der Waals surface area contributed by atoms with Gasteiger partial charge in [0.05, 0.1) is 11.6 Å². The van der Waals surface area contributed by atoms with Crippen LogP contribution in [0.25, 0.3) is 0 Å². The number of aromatic nitrogens is 1. The number of nitrogens with two attached hydrogens (primary N) is 1. The number of aryl methyl sites for hydroxylation is 2. The minimum atomic E-state index is 0.605. The molecule has 5 heteroatoms. The molecule has 0 saturated carbocycles. The molecule has 0 aliphatic rings. The Morgan fingerprint density at radius 2 is 2.07 bits per heavy atom. The molecule has 80 valence electrons. The van der Waals surface area contributed by atoms with Gasteiger partial charge in [-0.25, -0.2) is 4.98 Å². The molecule has 15 heavy (non-hydrogen) atoms. The highest BCUT2D eigenvalue weighted by atomic mass is 35.5. The Labute approximate surface area is 102 Å². The molecule has 0 aromatic carbocycles. The highest BCUT2D eigenvalue weighted by Gasteiger charge is 2.02. The summed E-state index contributed by atoms with van der Waals surface area (Å²) < 4.78 is 0. The van der Waals surface area contributed by atoms with Crippen molar-refractivity contribution >= 4 is 39.4 Å². The van der Waals surface area contributed by atoms with Crippen molar-refractivity contribution in [2.75, 3.05) is 5.73 Å². The van der Waals surface area contributed by atoms with Crippen molar-refractivity contribution < 1.29 is 0 Å². The lowest BCUT2D eigenvalue weighted by atomic mass is 10.2. The van der Waals surface area contributed by atoms with Gasteiger partial charge in [-0.3, -0.25) is 0 Å². The van der Waals surface area contributed by atoms with Gasteiger partial charge < -0.3 is 5.73 Å². The van der Waals surface area contributed by atoms with Crippen molar-refractivity contribution in [2.24, 2.45) is 0 Å². The molecule has 0 aliphatic heterocycles. The van der Waals surface area contributed by atoms with Crippen molar-refractivity contribution in [1.29, 1.82) is 0 Å². The SMILES string of the molecule is Nc1nc(CCc2ccc(CCl)s2)cs1. The van der Waals surface area contributed by atoms with Gasteiger partial charge in [0.2, 0.25) is 0 Å². The summed E-state index contributed by atoms with van der Waals surface area (Å²) in [6, 6.07) is 4.22. The molecule has 0 spiro atoms. The van der Waals surface area contributed by atoms with Crippen LogP contribution in [0, 0.1) is 0 Å². The summed E-state index contributed by atoms with van der Waals surface area (Å²) in [6.07, 6.45) is 1.97.